The van der Waals surface area contributed by atoms with Crippen molar-refractivity contribution in [1.29, 1.82) is 0 Å². The molecule has 2 nitrogen and oxygen atoms in total. The molecule has 1 saturated carbocycles. The van der Waals surface area contributed by atoms with Gasteiger partial charge in [-0.1, -0.05) is 0 Å². The summed E-state index contributed by atoms with van der Waals surface area (Å²) in [5.74, 6) is 0.0880. The van der Waals surface area contributed by atoms with E-state index in [1.165, 1.54) is 0 Å². The van der Waals surface area contributed by atoms with Crippen molar-refractivity contribution in [2.45, 2.75) is 12.5 Å². The lowest BCUT2D eigenvalue weighted by molar-refractivity contribution is 0.176. The number of hydrogen-bond acceptors (Lipinski definition) is 2. The van der Waals surface area contributed by atoms with E-state index in [0.29, 0.717) is 0 Å². The van der Waals surface area contributed by atoms with Gasteiger partial charge in [-0.05, 0) is 6.42 Å². The van der Waals surface area contributed by atoms with Crippen LogP contribution in [0.5, 0.6) is 0 Å². The quantitative estimate of drug-likeness (QED) is 0.492. The zero-order valence-electron chi connectivity index (χ0n) is 4.18. The van der Waals surface area contributed by atoms with E-state index < -0.39 is 0 Å². The lowest BCUT2D eigenvalue weighted by atomic mass is 10.5. The van der Waals surface area contributed by atoms with Gasteiger partial charge in [-0.25, -0.2) is 0 Å². The average molecular weight is 99.1 g/mol. The second-order valence-electron chi connectivity index (χ2n) is 1.73. The first kappa shape index (κ1) is 4.78. The molecule has 1 radical (unpaired) electrons. The Bertz CT molecular complexity index is 80.1. The molecule has 39 valence electrons. The maximum Gasteiger partial charge on any atom is 0.204 e. The van der Waals surface area contributed by atoms with Gasteiger partial charge in [0.05, 0.1) is 12.0 Å². The van der Waals surface area contributed by atoms with Crippen LogP contribution in [-0.4, -0.2) is 19.5 Å². The molecule has 0 aromatic rings. The molecule has 0 aromatic heterocycles. The summed E-state index contributed by atoms with van der Waals surface area (Å²) in [6.07, 6.45) is 2.93. The molecular formula is C5H7O2. The Morgan fingerprint density at radius 1 is 1.86 bits per heavy atom. The predicted molar refractivity (Wildman–Crippen MR) is 24.6 cm³/mol. The summed E-state index contributed by atoms with van der Waals surface area (Å²) in [6.45, 7) is 0. The fourth-order valence-corrected chi connectivity index (χ4v) is 0.556. The Balaban J connectivity index is 2.17. The van der Waals surface area contributed by atoms with Crippen molar-refractivity contribution in [3.63, 3.8) is 0 Å². The molecule has 2 atom stereocenters. The molecule has 0 amide bonds. The van der Waals surface area contributed by atoms with Gasteiger partial charge < -0.3 is 4.74 Å². The van der Waals surface area contributed by atoms with Gasteiger partial charge in [-0.15, -0.1) is 0 Å². The Morgan fingerprint density at radius 2 is 2.57 bits per heavy atom. The second kappa shape index (κ2) is 1.62. The summed E-state index contributed by atoms with van der Waals surface area (Å²) in [5.41, 5.74) is 0. The molecule has 0 saturated heterocycles. The van der Waals surface area contributed by atoms with Gasteiger partial charge in [-0.2, -0.15) is 0 Å². The predicted octanol–water partition coefficient (Wildman–Crippen LogP) is 0.131. The summed E-state index contributed by atoms with van der Waals surface area (Å²) in [5, 5.41) is 0. The van der Waals surface area contributed by atoms with Crippen molar-refractivity contribution in [3.05, 3.63) is 0 Å². The molecule has 7 heavy (non-hydrogen) atoms. The molecule has 0 heterocycles. The zero-order valence-corrected chi connectivity index (χ0v) is 4.18. The Labute approximate surface area is 42.5 Å². The largest absolute Gasteiger partial charge is 0.381 e. The first-order chi connectivity index (χ1) is 3.38. The van der Waals surface area contributed by atoms with E-state index in [-0.39, 0.29) is 12.0 Å². The van der Waals surface area contributed by atoms with Gasteiger partial charge in [0.25, 0.3) is 0 Å². The summed E-state index contributed by atoms with van der Waals surface area (Å²) >= 11 is 0. The second-order valence-corrected chi connectivity index (χ2v) is 1.73. The van der Waals surface area contributed by atoms with Crippen molar-refractivity contribution in [1.82, 2.24) is 0 Å². The van der Waals surface area contributed by atoms with E-state index in [9.17, 15) is 4.79 Å². The highest BCUT2D eigenvalue weighted by molar-refractivity contribution is 5.59. The van der Waals surface area contributed by atoms with Gasteiger partial charge >= 0.3 is 0 Å². The molecule has 0 aliphatic heterocycles. The van der Waals surface area contributed by atoms with Crippen molar-refractivity contribution >= 4 is 6.29 Å². The van der Waals surface area contributed by atoms with E-state index in [1.54, 1.807) is 7.11 Å². The third-order valence-electron chi connectivity index (χ3n) is 1.19. The molecule has 1 aliphatic carbocycles. The average Bonchev–Trinajstić information content (AvgIpc) is 2.43. The van der Waals surface area contributed by atoms with Crippen molar-refractivity contribution in [2.75, 3.05) is 7.11 Å². The third kappa shape index (κ3) is 0.800. The molecule has 2 unspecified atom stereocenters. The summed E-state index contributed by atoms with van der Waals surface area (Å²) in [4.78, 5) is 9.73. The molecule has 2 heteroatoms. The molecule has 0 aromatic carbocycles. The summed E-state index contributed by atoms with van der Waals surface area (Å²) < 4.78 is 4.80. The number of hydrogen-bond donors (Lipinski definition) is 0. The van der Waals surface area contributed by atoms with Crippen LogP contribution in [0.3, 0.4) is 0 Å². The first-order valence-electron chi connectivity index (χ1n) is 2.29. The van der Waals surface area contributed by atoms with Gasteiger partial charge in [0.1, 0.15) is 0 Å². The molecule has 0 bridgehead atoms. The standard InChI is InChI=1S/C5H7O2/c1-7-5-2-4(5)3-6/h4-5H,2H2,1H3. The number of methoxy groups -OCH3 is 1. The Morgan fingerprint density at radius 3 is 2.71 bits per heavy atom. The van der Waals surface area contributed by atoms with Crippen LogP contribution in [0.1, 0.15) is 6.42 Å². The smallest absolute Gasteiger partial charge is 0.204 e. The lowest BCUT2D eigenvalue weighted by Gasteiger charge is -1.83. The van der Waals surface area contributed by atoms with Gasteiger partial charge in [0.15, 0.2) is 0 Å². The van der Waals surface area contributed by atoms with Crippen LogP contribution in [-0.2, 0) is 9.53 Å². The van der Waals surface area contributed by atoms with Crippen LogP contribution in [0.15, 0.2) is 0 Å². The highest BCUT2D eigenvalue weighted by Crippen LogP contribution is 2.30. The van der Waals surface area contributed by atoms with E-state index >= 15 is 0 Å². The fourth-order valence-electron chi connectivity index (χ4n) is 0.556. The zero-order chi connectivity index (χ0) is 5.28. The molecule has 0 spiro atoms. The first-order valence-corrected chi connectivity index (χ1v) is 2.29. The van der Waals surface area contributed by atoms with Crippen LogP contribution in [0.25, 0.3) is 0 Å². The summed E-state index contributed by atoms with van der Waals surface area (Å²) in [6, 6.07) is 0. The van der Waals surface area contributed by atoms with E-state index in [1.807, 2.05) is 6.29 Å². The van der Waals surface area contributed by atoms with Gasteiger partial charge in [0, 0.05) is 7.11 Å². The maximum absolute atomic E-state index is 9.73. The highest BCUT2D eigenvalue weighted by atomic mass is 16.5. The monoisotopic (exact) mass is 99.0 g/mol. The minimum Gasteiger partial charge on any atom is -0.381 e. The van der Waals surface area contributed by atoms with E-state index in [2.05, 4.69) is 0 Å². The topological polar surface area (TPSA) is 26.3 Å². The molecule has 1 rings (SSSR count). The normalized spacial score (nSPS) is 37.9. The van der Waals surface area contributed by atoms with Gasteiger partial charge in [0.2, 0.25) is 6.29 Å². The minimum absolute atomic E-state index is 0.0880. The number of rotatable bonds is 2. The van der Waals surface area contributed by atoms with Crippen molar-refractivity contribution in [2.24, 2.45) is 5.92 Å². The van der Waals surface area contributed by atoms with Crippen LogP contribution in [0.4, 0.5) is 0 Å². The fraction of sp³-hybridized carbons (Fsp3) is 0.800. The Kier molecular flexibility index (Phi) is 1.11. The third-order valence-corrected chi connectivity index (χ3v) is 1.19. The summed E-state index contributed by atoms with van der Waals surface area (Å²) in [7, 11) is 1.61. The van der Waals surface area contributed by atoms with Gasteiger partial charge in [-0.3, -0.25) is 4.79 Å². The molecule has 1 aliphatic rings. The SMILES string of the molecule is COC1CC1[C]=O. The van der Waals surface area contributed by atoms with E-state index in [0.717, 1.165) is 6.42 Å². The number of carbonyl (C=O) groups excluding carboxylic acids is 1. The van der Waals surface area contributed by atoms with Crippen LogP contribution in [0.2, 0.25) is 0 Å². The number of ether oxygens (including phenoxy) is 1. The van der Waals surface area contributed by atoms with E-state index in [4.69, 9.17) is 4.74 Å². The molecule has 1 fully saturated rings. The molecule has 0 N–H and O–H groups in total. The maximum atomic E-state index is 9.73. The molecular weight excluding hydrogens is 92.1 g/mol. The minimum atomic E-state index is 0.0880. The lowest BCUT2D eigenvalue weighted by Crippen LogP contribution is -1.90. The van der Waals surface area contributed by atoms with Crippen LogP contribution >= 0.6 is 0 Å². The van der Waals surface area contributed by atoms with Crippen molar-refractivity contribution in [3.8, 4) is 0 Å². The van der Waals surface area contributed by atoms with Crippen LogP contribution in [0, 0.1) is 5.92 Å². The Hall–Kier alpha value is -0.370. The highest BCUT2D eigenvalue weighted by Gasteiger charge is 2.37. The van der Waals surface area contributed by atoms with Crippen LogP contribution < -0.4 is 0 Å². The van der Waals surface area contributed by atoms with Crippen molar-refractivity contribution < 1.29 is 9.53 Å².